The Morgan fingerprint density at radius 2 is 2.04 bits per heavy atom. The summed E-state index contributed by atoms with van der Waals surface area (Å²) in [5.41, 5.74) is 1.81. The second-order valence-electron chi connectivity index (χ2n) is 6.61. The monoisotopic (exact) mass is 372 g/mol. The molecule has 26 heavy (non-hydrogen) atoms. The van der Waals surface area contributed by atoms with Crippen molar-refractivity contribution < 1.29 is 14.3 Å². The van der Waals surface area contributed by atoms with E-state index in [1.54, 1.807) is 17.4 Å². The van der Waals surface area contributed by atoms with Gasteiger partial charge in [-0.05, 0) is 36.6 Å². The third-order valence-electron chi connectivity index (χ3n) is 4.14. The van der Waals surface area contributed by atoms with Gasteiger partial charge < -0.3 is 14.8 Å². The van der Waals surface area contributed by atoms with Gasteiger partial charge in [0.1, 0.15) is 0 Å². The smallest absolute Gasteiger partial charge is 0.244 e. The van der Waals surface area contributed by atoms with Crippen LogP contribution in [0.3, 0.4) is 0 Å². The highest BCUT2D eigenvalue weighted by Crippen LogP contribution is 2.34. The fraction of sp³-hybridized carbons (Fsp3) is 0.400. The SMILES string of the molecule is Cc1nc(C=CC(=O)NC(c2ccc3c(c2)OCCCO3)C(C)C)cs1. The van der Waals surface area contributed by atoms with Gasteiger partial charge in [-0.3, -0.25) is 4.79 Å². The summed E-state index contributed by atoms with van der Waals surface area (Å²) >= 11 is 1.57. The Hall–Kier alpha value is -2.34. The quantitative estimate of drug-likeness (QED) is 0.802. The van der Waals surface area contributed by atoms with Crippen molar-refractivity contribution >= 4 is 23.3 Å². The Labute approximate surface area is 158 Å². The average molecular weight is 372 g/mol. The zero-order valence-corrected chi connectivity index (χ0v) is 16.1. The summed E-state index contributed by atoms with van der Waals surface area (Å²) in [6, 6.07) is 5.78. The third kappa shape index (κ3) is 4.64. The lowest BCUT2D eigenvalue weighted by Crippen LogP contribution is -2.30. The summed E-state index contributed by atoms with van der Waals surface area (Å²) in [6.07, 6.45) is 4.15. The lowest BCUT2D eigenvalue weighted by molar-refractivity contribution is -0.117. The molecule has 0 radical (unpaired) electrons. The Morgan fingerprint density at radius 1 is 1.27 bits per heavy atom. The molecule has 1 amide bonds. The predicted molar refractivity (Wildman–Crippen MR) is 104 cm³/mol. The van der Waals surface area contributed by atoms with E-state index in [2.05, 4.69) is 24.1 Å². The molecule has 1 atom stereocenters. The molecule has 0 saturated carbocycles. The van der Waals surface area contributed by atoms with Crippen molar-refractivity contribution in [2.24, 2.45) is 5.92 Å². The second-order valence-corrected chi connectivity index (χ2v) is 7.67. The summed E-state index contributed by atoms with van der Waals surface area (Å²) in [4.78, 5) is 16.7. The number of amides is 1. The minimum Gasteiger partial charge on any atom is -0.490 e. The Morgan fingerprint density at radius 3 is 2.73 bits per heavy atom. The summed E-state index contributed by atoms with van der Waals surface area (Å²) in [6.45, 7) is 7.42. The van der Waals surface area contributed by atoms with Gasteiger partial charge >= 0.3 is 0 Å². The molecule has 6 heteroatoms. The highest BCUT2D eigenvalue weighted by molar-refractivity contribution is 7.09. The van der Waals surface area contributed by atoms with E-state index >= 15 is 0 Å². The van der Waals surface area contributed by atoms with Gasteiger partial charge in [0, 0.05) is 17.9 Å². The minimum atomic E-state index is -0.138. The van der Waals surface area contributed by atoms with Crippen LogP contribution in [-0.2, 0) is 4.79 Å². The molecule has 2 aromatic rings. The maximum Gasteiger partial charge on any atom is 0.244 e. The average Bonchev–Trinajstić information content (AvgIpc) is 2.89. The number of aryl methyl sites for hydroxylation is 1. The number of carbonyl (C=O) groups is 1. The summed E-state index contributed by atoms with van der Waals surface area (Å²) < 4.78 is 11.5. The zero-order chi connectivity index (χ0) is 18.5. The van der Waals surface area contributed by atoms with E-state index < -0.39 is 0 Å². The van der Waals surface area contributed by atoms with Crippen LogP contribution in [0.2, 0.25) is 0 Å². The first-order chi connectivity index (χ1) is 12.5. The van der Waals surface area contributed by atoms with Crippen LogP contribution < -0.4 is 14.8 Å². The van der Waals surface area contributed by atoms with Crippen molar-refractivity contribution in [3.63, 3.8) is 0 Å². The van der Waals surface area contributed by atoms with Gasteiger partial charge in [0.2, 0.25) is 5.91 Å². The van der Waals surface area contributed by atoms with Gasteiger partial charge in [0.25, 0.3) is 0 Å². The van der Waals surface area contributed by atoms with Crippen molar-refractivity contribution in [3.8, 4) is 11.5 Å². The molecule has 2 heterocycles. The standard InChI is InChI=1S/C20H24N2O3S/c1-13(2)20(22-19(23)8-6-16-12-26-14(3)21-16)15-5-7-17-18(11-15)25-10-4-9-24-17/h5-8,11-13,20H,4,9-10H2,1-3H3,(H,22,23). The van der Waals surface area contributed by atoms with Crippen molar-refractivity contribution in [2.75, 3.05) is 13.2 Å². The van der Waals surface area contributed by atoms with Crippen molar-refractivity contribution in [3.05, 3.63) is 45.9 Å². The third-order valence-corrected chi connectivity index (χ3v) is 4.93. The highest BCUT2D eigenvalue weighted by atomic mass is 32.1. The number of nitrogens with zero attached hydrogens (tertiary/aromatic N) is 1. The molecule has 1 aliphatic rings. The van der Waals surface area contributed by atoms with Crippen molar-refractivity contribution in [1.29, 1.82) is 0 Å². The molecule has 138 valence electrons. The van der Waals surface area contributed by atoms with E-state index in [1.165, 1.54) is 6.08 Å². The minimum absolute atomic E-state index is 0.110. The second kappa shape index (κ2) is 8.36. The molecule has 1 unspecified atom stereocenters. The maximum atomic E-state index is 12.4. The number of benzene rings is 1. The number of nitrogens with one attached hydrogen (secondary N) is 1. The van der Waals surface area contributed by atoms with Crippen molar-refractivity contribution in [1.82, 2.24) is 10.3 Å². The van der Waals surface area contributed by atoms with Gasteiger partial charge in [0.15, 0.2) is 11.5 Å². The molecule has 0 fully saturated rings. The first kappa shape index (κ1) is 18.5. The lowest BCUT2D eigenvalue weighted by Gasteiger charge is -2.23. The largest absolute Gasteiger partial charge is 0.490 e. The van der Waals surface area contributed by atoms with E-state index in [-0.39, 0.29) is 17.9 Å². The Bertz CT molecular complexity index is 798. The summed E-state index contributed by atoms with van der Waals surface area (Å²) in [5.74, 6) is 1.60. The number of aromatic nitrogens is 1. The van der Waals surface area contributed by atoms with Crippen LogP contribution in [0.25, 0.3) is 6.08 Å². The van der Waals surface area contributed by atoms with Crippen LogP contribution >= 0.6 is 11.3 Å². The number of rotatable bonds is 5. The molecule has 1 aromatic carbocycles. The Kier molecular flexibility index (Phi) is 5.93. The molecule has 0 spiro atoms. The van der Waals surface area contributed by atoms with E-state index in [0.29, 0.717) is 13.2 Å². The first-order valence-corrected chi connectivity index (χ1v) is 9.71. The molecule has 1 N–H and O–H groups in total. The fourth-order valence-corrected chi connectivity index (χ4v) is 3.41. The normalized spacial score (nSPS) is 15.1. The van der Waals surface area contributed by atoms with E-state index in [4.69, 9.17) is 9.47 Å². The summed E-state index contributed by atoms with van der Waals surface area (Å²) in [5, 5.41) is 6.00. The van der Waals surface area contributed by atoms with Gasteiger partial charge in [-0.25, -0.2) is 4.98 Å². The van der Waals surface area contributed by atoms with Gasteiger partial charge in [-0.1, -0.05) is 19.9 Å². The first-order valence-electron chi connectivity index (χ1n) is 8.83. The van der Waals surface area contributed by atoms with Crippen LogP contribution in [0.15, 0.2) is 29.7 Å². The molecule has 5 nitrogen and oxygen atoms in total. The molecule has 1 aromatic heterocycles. The molecule has 0 aliphatic carbocycles. The number of ether oxygens (including phenoxy) is 2. The van der Waals surface area contributed by atoms with Gasteiger partial charge in [-0.2, -0.15) is 0 Å². The molecule has 1 aliphatic heterocycles. The molecule has 0 bridgehead atoms. The maximum absolute atomic E-state index is 12.4. The number of carbonyl (C=O) groups excluding carboxylic acids is 1. The zero-order valence-electron chi connectivity index (χ0n) is 15.3. The van der Waals surface area contributed by atoms with E-state index in [1.807, 2.05) is 30.5 Å². The van der Waals surface area contributed by atoms with Crippen LogP contribution in [0.5, 0.6) is 11.5 Å². The summed E-state index contributed by atoms with van der Waals surface area (Å²) in [7, 11) is 0. The van der Waals surface area contributed by atoms with E-state index in [0.717, 1.165) is 34.2 Å². The topological polar surface area (TPSA) is 60.5 Å². The molecular formula is C20H24N2O3S. The van der Waals surface area contributed by atoms with Crippen LogP contribution in [0, 0.1) is 12.8 Å². The lowest BCUT2D eigenvalue weighted by atomic mass is 9.95. The van der Waals surface area contributed by atoms with Gasteiger partial charge in [-0.15, -0.1) is 11.3 Å². The van der Waals surface area contributed by atoms with Gasteiger partial charge in [0.05, 0.1) is 30.0 Å². The van der Waals surface area contributed by atoms with Crippen LogP contribution in [0.1, 0.15) is 42.6 Å². The number of hydrogen-bond donors (Lipinski definition) is 1. The number of fused-ring (bicyclic) bond motifs is 1. The number of thiazole rings is 1. The van der Waals surface area contributed by atoms with Crippen LogP contribution in [-0.4, -0.2) is 24.1 Å². The Balaban J connectivity index is 1.73. The molecular weight excluding hydrogens is 348 g/mol. The van der Waals surface area contributed by atoms with Crippen LogP contribution in [0.4, 0.5) is 0 Å². The molecule has 0 saturated heterocycles. The van der Waals surface area contributed by atoms with Crippen molar-refractivity contribution in [2.45, 2.75) is 33.2 Å². The fourth-order valence-electron chi connectivity index (χ4n) is 2.83. The number of hydrogen-bond acceptors (Lipinski definition) is 5. The predicted octanol–water partition coefficient (Wildman–Crippen LogP) is 4.14. The molecule has 3 rings (SSSR count). The van der Waals surface area contributed by atoms with E-state index in [9.17, 15) is 4.79 Å². The highest BCUT2D eigenvalue weighted by Gasteiger charge is 2.20.